The highest BCUT2D eigenvalue weighted by molar-refractivity contribution is 5.98. The average molecular weight is 628 g/mol. The predicted octanol–water partition coefficient (Wildman–Crippen LogP) is 2.06. The zero-order chi connectivity index (χ0) is 33.6. The maximum absolute atomic E-state index is 15.2. The van der Waals surface area contributed by atoms with Crippen LogP contribution in [-0.4, -0.2) is 86.1 Å². The third-order valence-corrected chi connectivity index (χ3v) is 7.31. The van der Waals surface area contributed by atoms with Crippen LogP contribution >= 0.6 is 0 Å². The number of rotatable bonds is 14. The van der Waals surface area contributed by atoms with E-state index in [1.807, 2.05) is 6.92 Å². The van der Waals surface area contributed by atoms with Crippen molar-refractivity contribution in [1.29, 1.82) is 0 Å². The molecule has 240 valence electrons. The van der Waals surface area contributed by atoms with E-state index in [-0.39, 0.29) is 12.1 Å². The number of halogens is 1. The van der Waals surface area contributed by atoms with Gasteiger partial charge in [0.05, 0.1) is 16.5 Å². The van der Waals surface area contributed by atoms with Crippen LogP contribution in [0.5, 0.6) is 0 Å². The van der Waals surface area contributed by atoms with Crippen LogP contribution in [0.3, 0.4) is 0 Å². The minimum absolute atomic E-state index is 0.283. The summed E-state index contributed by atoms with van der Waals surface area (Å²) in [6.45, 7) is 3.83. The summed E-state index contributed by atoms with van der Waals surface area (Å²) in [6, 6.07) is 4.18. The molecule has 45 heavy (non-hydrogen) atoms. The fraction of sp³-hybridized carbons (Fsp3) is 0.367. The molecule has 2 atom stereocenters. The third kappa shape index (κ3) is 8.61. The molecule has 1 aromatic heterocycles. The molecule has 15 heteroatoms. The maximum Gasteiger partial charge on any atom is 0.326 e. The minimum Gasteiger partial charge on any atom is -0.481 e. The van der Waals surface area contributed by atoms with Crippen molar-refractivity contribution in [2.24, 2.45) is 0 Å². The molecule has 0 aliphatic carbocycles. The zero-order valence-electron chi connectivity index (χ0n) is 25.1. The van der Waals surface area contributed by atoms with Crippen molar-refractivity contribution in [2.75, 3.05) is 19.0 Å². The number of nitrogens with one attached hydrogen (secondary N) is 2. The van der Waals surface area contributed by atoms with Crippen LogP contribution in [0.15, 0.2) is 35.1 Å². The lowest BCUT2D eigenvalue weighted by Gasteiger charge is -2.29. The predicted molar refractivity (Wildman–Crippen MR) is 160 cm³/mol. The van der Waals surface area contributed by atoms with Gasteiger partial charge in [-0.3, -0.25) is 24.0 Å². The van der Waals surface area contributed by atoms with Crippen molar-refractivity contribution in [2.45, 2.75) is 58.2 Å². The number of carboxylic acids is 3. The van der Waals surface area contributed by atoms with Gasteiger partial charge in [-0.25, -0.2) is 14.2 Å². The molecule has 3 aromatic rings. The van der Waals surface area contributed by atoms with E-state index in [1.54, 1.807) is 31.0 Å². The second-order valence-corrected chi connectivity index (χ2v) is 10.7. The van der Waals surface area contributed by atoms with Crippen LogP contribution in [0.2, 0.25) is 0 Å². The topological polar surface area (TPSA) is 210 Å². The van der Waals surface area contributed by atoms with Gasteiger partial charge in [-0.05, 0) is 68.1 Å². The van der Waals surface area contributed by atoms with Crippen molar-refractivity contribution >= 4 is 46.3 Å². The van der Waals surface area contributed by atoms with Crippen molar-refractivity contribution in [3.63, 3.8) is 0 Å². The van der Waals surface area contributed by atoms with E-state index in [1.165, 1.54) is 12.1 Å². The first kappa shape index (κ1) is 34.2. The van der Waals surface area contributed by atoms with Crippen molar-refractivity contribution in [3.8, 4) is 0 Å². The van der Waals surface area contributed by atoms with Gasteiger partial charge in [-0.15, -0.1) is 0 Å². The molecule has 2 amide bonds. The molecule has 0 saturated carbocycles. The number of likely N-dealkylation sites (N-methyl/N-ethyl adjacent to an activating group) is 1. The Balaban J connectivity index is 1.80. The van der Waals surface area contributed by atoms with Gasteiger partial charge < -0.3 is 35.4 Å². The first-order chi connectivity index (χ1) is 21.1. The second kappa shape index (κ2) is 14.4. The Kier molecular flexibility index (Phi) is 10.9. The van der Waals surface area contributed by atoms with Gasteiger partial charge in [0.2, 0.25) is 5.91 Å². The lowest BCUT2D eigenvalue weighted by atomic mass is 10.0. The Labute approximate surface area is 256 Å². The minimum atomic E-state index is -1.56. The molecule has 0 radical (unpaired) electrons. The number of aryl methyl sites for hydroxylation is 2. The quantitative estimate of drug-likeness (QED) is 0.175. The molecule has 2 aromatic carbocycles. The Bertz CT molecular complexity index is 1710. The molecule has 0 spiro atoms. The van der Waals surface area contributed by atoms with Gasteiger partial charge in [-0.1, -0.05) is 0 Å². The summed E-state index contributed by atoms with van der Waals surface area (Å²) in [6.07, 6.45) is -1.98. The summed E-state index contributed by atoms with van der Waals surface area (Å²) in [7, 11) is 2.79. The molecule has 0 aliphatic rings. The second-order valence-electron chi connectivity index (χ2n) is 10.7. The molecule has 14 nitrogen and oxygen atoms in total. The van der Waals surface area contributed by atoms with Crippen molar-refractivity contribution in [1.82, 2.24) is 20.2 Å². The highest BCUT2D eigenvalue weighted by Gasteiger charge is 2.33. The monoisotopic (exact) mass is 627 g/mol. The largest absolute Gasteiger partial charge is 0.481 e. The summed E-state index contributed by atoms with van der Waals surface area (Å²) in [5, 5.41) is 30.2. The number of H-pyrrole nitrogens is 1. The highest BCUT2D eigenvalue weighted by Crippen LogP contribution is 2.23. The number of nitrogens with zero attached hydrogens (tertiary/aromatic N) is 3. The van der Waals surface area contributed by atoms with Crippen molar-refractivity contribution in [3.05, 3.63) is 69.0 Å². The fourth-order valence-corrected chi connectivity index (χ4v) is 4.80. The molecule has 0 unspecified atom stereocenters. The number of carboxylic acid groups (broad SMARTS) is 3. The Morgan fingerprint density at radius 2 is 1.62 bits per heavy atom. The van der Waals surface area contributed by atoms with Crippen LogP contribution in [0.25, 0.3) is 10.9 Å². The number of hydrogen-bond donors (Lipinski definition) is 5. The normalized spacial score (nSPS) is 12.3. The van der Waals surface area contributed by atoms with E-state index >= 15 is 4.39 Å². The molecular formula is C30H34FN5O9. The van der Waals surface area contributed by atoms with Gasteiger partial charge >= 0.3 is 17.9 Å². The standard InChI is InChI=1S/C30H34FN5O9/c1-15-11-23-20(28(42)33-16(2)32-23)12-17(15)14-35(3)18-5-6-19(21(31)13-18)27(41)34-22(7-9-25(37)38)29(43)36(4)24(30(44)45)8-10-26(39)40/h5-6,11-13,22,24H,7-10,14H2,1-4H3,(H,34,41)(H,37,38)(H,39,40)(H,44,45)(H,32,33,42)/t22-,24-/m0/s1. The first-order valence-electron chi connectivity index (χ1n) is 13.8. The number of amides is 2. The SMILES string of the molecule is Cc1nc2cc(C)c(CN(C)c3ccc(C(=O)N[C@@H](CCC(=O)O)C(=O)N(C)[C@@H](CCC(=O)O)C(=O)O)c(F)c3)cc2c(=O)[nH]1. The van der Waals surface area contributed by atoms with E-state index in [0.717, 1.165) is 29.1 Å². The number of carbonyl (C=O) groups is 5. The number of aromatic amines is 1. The first-order valence-corrected chi connectivity index (χ1v) is 13.8. The van der Waals surface area contributed by atoms with Gasteiger partial charge in [0.25, 0.3) is 11.5 Å². The number of fused-ring (bicyclic) bond motifs is 1. The lowest BCUT2D eigenvalue weighted by molar-refractivity contribution is -0.151. The smallest absolute Gasteiger partial charge is 0.326 e. The fourth-order valence-electron chi connectivity index (χ4n) is 4.80. The van der Waals surface area contributed by atoms with Crippen molar-refractivity contribution < 1.29 is 43.7 Å². The molecule has 0 saturated heterocycles. The van der Waals surface area contributed by atoms with Crippen LogP contribution < -0.4 is 15.8 Å². The summed E-state index contributed by atoms with van der Waals surface area (Å²) in [4.78, 5) is 81.9. The summed E-state index contributed by atoms with van der Waals surface area (Å²) in [5.74, 6) is -6.53. The number of aromatic nitrogens is 2. The lowest BCUT2D eigenvalue weighted by Crippen LogP contribution is -2.52. The number of aliphatic carboxylic acids is 3. The van der Waals surface area contributed by atoms with Gasteiger partial charge in [0.1, 0.15) is 23.7 Å². The Morgan fingerprint density at radius 1 is 0.978 bits per heavy atom. The van der Waals surface area contributed by atoms with Crippen LogP contribution in [0, 0.1) is 19.7 Å². The number of hydrogen-bond acceptors (Lipinski definition) is 8. The molecular weight excluding hydrogens is 593 g/mol. The van der Waals surface area contributed by atoms with Gasteiger partial charge in [0.15, 0.2) is 0 Å². The molecule has 3 rings (SSSR count). The van der Waals surface area contributed by atoms with E-state index < -0.39 is 78.9 Å². The summed E-state index contributed by atoms with van der Waals surface area (Å²) >= 11 is 0. The molecule has 0 bridgehead atoms. The van der Waals surface area contributed by atoms with Crippen LogP contribution in [-0.2, 0) is 25.7 Å². The number of carbonyl (C=O) groups excluding carboxylic acids is 2. The average Bonchev–Trinajstić information content (AvgIpc) is 2.94. The maximum atomic E-state index is 15.2. The number of benzene rings is 2. The molecule has 0 aliphatic heterocycles. The van der Waals surface area contributed by atoms with Gasteiger partial charge in [-0.2, -0.15) is 0 Å². The molecule has 5 N–H and O–H groups in total. The third-order valence-electron chi connectivity index (χ3n) is 7.31. The number of anilines is 1. The van der Waals surface area contributed by atoms with Gasteiger partial charge in [0, 0.05) is 39.2 Å². The van der Waals surface area contributed by atoms with E-state index in [2.05, 4.69) is 15.3 Å². The zero-order valence-corrected chi connectivity index (χ0v) is 25.1. The van der Waals surface area contributed by atoms with Crippen LogP contribution in [0.4, 0.5) is 10.1 Å². The molecule has 0 fully saturated rings. The highest BCUT2D eigenvalue weighted by atomic mass is 19.1. The van der Waals surface area contributed by atoms with E-state index in [4.69, 9.17) is 10.2 Å². The Hall–Kier alpha value is -5.34. The summed E-state index contributed by atoms with van der Waals surface area (Å²) in [5.41, 5.74) is 1.85. The summed E-state index contributed by atoms with van der Waals surface area (Å²) < 4.78 is 15.2. The van der Waals surface area contributed by atoms with E-state index in [0.29, 0.717) is 22.4 Å². The molecule has 1 heterocycles. The van der Waals surface area contributed by atoms with Crippen LogP contribution in [0.1, 0.15) is 53.0 Å². The Morgan fingerprint density at radius 3 is 2.22 bits per heavy atom. The van der Waals surface area contributed by atoms with E-state index in [9.17, 15) is 33.9 Å².